The first-order chi connectivity index (χ1) is 35.5. The first-order valence-corrected chi connectivity index (χ1v) is 33.7. The van der Waals surface area contributed by atoms with E-state index in [9.17, 15) is 19.0 Å². The van der Waals surface area contributed by atoms with Crippen molar-refractivity contribution < 1.29 is 42.1 Å². The van der Waals surface area contributed by atoms with E-state index in [-0.39, 0.29) is 32.0 Å². The van der Waals surface area contributed by atoms with Gasteiger partial charge < -0.3 is 27.9 Å². The number of quaternary nitrogens is 1. The normalized spacial score (nSPS) is 13.1. The van der Waals surface area contributed by atoms with Gasteiger partial charge in [-0.1, -0.05) is 316 Å². The second kappa shape index (κ2) is 55.8. The van der Waals surface area contributed by atoms with Crippen LogP contribution in [0.25, 0.3) is 0 Å². The molecule has 0 amide bonds. The van der Waals surface area contributed by atoms with Crippen LogP contribution in [0, 0.1) is 0 Å². The Balaban J connectivity index is 4.03. The van der Waals surface area contributed by atoms with Gasteiger partial charge in [0.05, 0.1) is 27.7 Å². The molecule has 0 aromatic carbocycles. The minimum atomic E-state index is -4.63. The van der Waals surface area contributed by atoms with E-state index in [4.69, 9.17) is 18.5 Å². The Morgan fingerprint density at radius 1 is 0.370 bits per heavy atom. The molecule has 2 unspecified atom stereocenters. The second-order valence-electron chi connectivity index (χ2n) is 23.5. The lowest BCUT2D eigenvalue weighted by Crippen LogP contribution is -2.37. The van der Waals surface area contributed by atoms with Crippen molar-refractivity contribution in [2.45, 2.75) is 347 Å². The van der Waals surface area contributed by atoms with Gasteiger partial charge in [-0.2, -0.15) is 0 Å². The molecule has 0 aliphatic heterocycles. The van der Waals surface area contributed by atoms with Crippen LogP contribution >= 0.6 is 7.82 Å². The smallest absolute Gasteiger partial charge is 0.306 e. The predicted octanol–water partition coefficient (Wildman–Crippen LogP) is 19.6. The largest absolute Gasteiger partial charge is 0.756 e. The Morgan fingerprint density at radius 2 is 0.616 bits per heavy atom. The topological polar surface area (TPSA) is 111 Å². The van der Waals surface area contributed by atoms with E-state index in [0.29, 0.717) is 17.4 Å². The van der Waals surface area contributed by atoms with Crippen molar-refractivity contribution in [3.05, 3.63) is 0 Å². The van der Waals surface area contributed by atoms with E-state index in [2.05, 4.69) is 13.8 Å². The fourth-order valence-corrected chi connectivity index (χ4v) is 10.6. The maximum atomic E-state index is 12.8. The van der Waals surface area contributed by atoms with Crippen LogP contribution in [0.3, 0.4) is 0 Å². The van der Waals surface area contributed by atoms with Crippen molar-refractivity contribution in [2.75, 3.05) is 47.5 Å². The molecule has 0 aromatic heterocycles. The quantitative estimate of drug-likeness (QED) is 0.0256. The summed E-state index contributed by atoms with van der Waals surface area (Å²) in [5, 5.41) is 0. The molecule has 0 saturated carbocycles. The Morgan fingerprint density at radius 3 is 0.877 bits per heavy atom. The second-order valence-corrected chi connectivity index (χ2v) is 24.9. The molecular formula is C63H126NO8P. The Bertz CT molecular complexity index is 1200. The van der Waals surface area contributed by atoms with Crippen LogP contribution in [-0.2, 0) is 32.7 Å². The number of hydrogen-bond acceptors (Lipinski definition) is 8. The number of rotatable bonds is 61. The zero-order valence-corrected chi connectivity index (χ0v) is 50.5. The molecule has 436 valence electrons. The highest BCUT2D eigenvalue weighted by Crippen LogP contribution is 2.38. The third kappa shape index (κ3) is 60.1. The summed E-state index contributed by atoms with van der Waals surface area (Å²) in [5.74, 6) is -0.806. The molecule has 0 bridgehead atoms. The highest BCUT2D eigenvalue weighted by atomic mass is 31.2. The minimum Gasteiger partial charge on any atom is -0.756 e. The number of phosphoric ester groups is 1. The van der Waals surface area contributed by atoms with E-state index in [0.717, 1.165) is 32.1 Å². The van der Waals surface area contributed by atoms with E-state index in [1.165, 1.54) is 276 Å². The average molecular weight is 1060 g/mol. The van der Waals surface area contributed by atoms with Gasteiger partial charge in [0.2, 0.25) is 0 Å². The van der Waals surface area contributed by atoms with Crippen molar-refractivity contribution in [2.24, 2.45) is 0 Å². The van der Waals surface area contributed by atoms with Crippen LogP contribution in [0.1, 0.15) is 341 Å². The summed E-state index contributed by atoms with van der Waals surface area (Å²) in [6.07, 6.45) is 64.5. The molecule has 0 fully saturated rings. The lowest BCUT2D eigenvalue weighted by molar-refractivity contribution is -0.870. The highest BCUT2D eigenvalue weighted by Gasteiger charge is 2.22. The van der Waals surface area contributed by atoms with Gasteiger partial charge in [0.15, 0.2) is 6.10 Å². The summed E-state index contributed by atoms with van der Waals surface area (Å²) in [6, 6.07) is 0. The SMILES string of the molecule is CCCCCCCCCCCCCCCCCCCCCCCCCCCC(=O)OC(COC(=O)CCCCCCCCCCCCCCCCCCCCCCCCCC)COP(=O)([O-])OCC[N+](C)(C)C. The zero-order valence-electron chi connectivity index (χ0n) is 49.6. The van der Waals surface area contributed by atoms with Crippen LogP contribution in [-0.4, -0.2) is 70.0 Å². The lowest BCUT2D eigenvalue weighted by Gasteiger charge is -2.28. The zero-order chi connectivity index (χ0) is 53.5. The summed E-state index contributed by atoms with van der Waals surface area (Å²) in [7, 11) is 1.19. The molecule has 0 spiro atoms. The fraction of sp³-hybridized carbons (Fsp3) is 0.968. The molecule has 0 aliphatic carbocycles. The number of phosphoric acid groups is 1. The molecule has 0 aromatic rings. The standard InChI is InChI=1S/C63H126NO8P/c1-6-8-10-12-14-16-18-20-22-24-26-28-30-32-34-36-38-40-42-44-46-48-50-52-54-56-63(66)72-61(60-71-73(67,68)70-58-57-64(3,4)5)59-69-62(65)55-53-51-49-47-45-43-41-39-37-35-33-31-29-27-25-23-21-19-17-15-13-11-9-7-2/h61H,6-60H2,1-5H3. The van der Waals surface area contributed by atoms with Gasteiger partial charge in [-0.15, -0.1) is 0 Å². The van der Waals surface area contributed by atoms with Crippen molar-refractivity contribution in [3.8, 4) is 0 Å². The molecule has 73 heavy (non-hydrogen) atoms. The summed E-state index contributed by atoms with van der Waals surface area (Å²) in [6.45, 7) is 4.33. The molecule has 2 atom stereocenters. The van der Waals surface area contributed by atoms with E-state index in [1.54, 1.807) is 0 Å². The van der Waals surface area contributed by atoms with Crippen LogP contribution in [0.4, 0.5) is 0 Å². The number of ether oxygens (including phenoxy) is 2. The van der Waals surface area contributed by atoms with E-state index < -0.39 is 26.5 Å². The van der Waals surface area contributed by atoms with Gasteiger partial charge in [-0.3, -0.25) is 14.2 Å². The molecule has 0 radical (unpaired) electrons. The van der Waals surface area contributed by atoms with Crippen molar-refractivity contribution in [3.63, 3.8) is 0 Å². The van der Waals surface area contributed by atoms with Crippen LogP contribution in [0.15, 0.2) is 0 Å². The summed E-state index contributed by atoms with van der Waals surface area (Å²) >= 11 is 0. The average Bonchev–Trinajstić information content (AvgIpc) is 3.35. The summed E-state index contributed by atoms with van der Waals surface area (Å²) in [5.41, 5.74) is 0. The van der Waals surface area contributed by atoms with Gasteiger partial charge in [-0.05, 0) is 12.8 Å². The van der Waals surface area contributed by atoms with Gasteiger partial charge in [0.1, 0.15) is 19.8 Å². The number of esters is 2. The van der Waals surface area contributed by atoms with E-state index in [1.807, 2.05) is 21.1 Å². The molecule has 10 heteroatoms. The Labute approximate surface area is 454 Å². The number of unbranched alkanes of at least 4 members (excludes halogenated alkanes) is 47. The number of hydrogen-bond donors (Lipinski definition) is 0. The molecule has 0 rings (SSSR count). The summed E-state index contributed by atoms with van der Waals surface area (Å²) < 4.78 is 34.3. The van der Waals surface area contributed by atoms with Gasteiger partial charge in [0.25, 0.3) is 7.82 Å². The number of carbonyl (C=O) groups is 2. The maximum Gasteiger partial charge on any atom is 0.306 e. The summed E-state index contributed by atoms with van der Waals surface area (Å²) in [4.78, 5) is 38.0. The number of carbonyl (C=O) groups excluding carboxylic acids is 2. The lowest BCUT2D eigenvalue weighted by atomic mass is 10.0. The van der Waals surface area contributed by atoms with Gasteiger partial charge in [0, 0.05) is 12.8 Å². The van der Waals surface area contributed by atoms with Crippen molar-refractivity contribution in [1.82, 2.24) is 0 Å². The van der Waals surface area contributed by atoms with Gasteiger partial charge in [-0.25, -0.2) is 0 Å². The molecule has 0 heterocycles. The van der Waals surface area contributed by atoms with Crippen LogP contribution in [0.5, 0.6) is 0 Å². The molecule has 0 N–H and O–H groups in total. The minimum absolute atomic E-state index is 0.0249. The highest BCUT2D eigenvalue weighted by molar-refractivity contribution is 7.45. The monoisotopic (exact) mass is 1060 g/mol. The first-order valence-electron chi connectivity index (χ1n) is 32.2. The van der Waals surface area contributed by atoms with Crippen molar-refractivity contribution in [1.29, 1.82) is 0 Å². The third-order valence-corrected chi connectivity index (χ3v) is 15.8. The maximum absolute atomic E-state index is 12.8. The molecule has 0 saturated heterocycles. The van der Waals surface area contributed by atoms with Gasteiger partial charge >= 0.3 is 11.9 Å². The Kier molecular flexibility index (Phi) is 55.0. The van der Waals surface area contributed by atoms with E-state index >= 15 is 0 Å². The Hall–Kier alpha value is -0.990. The van der Waals surface area contributed by atoms with Crippen LogP contribution in [0.2, 0.25) is 0 Å². The van der Waals surface area contributed by atoms with Crippen LogP contribution < -0.4 is 4.89 Å². The fourth-order valence-electron chi connectivity index (χ4n) is 9.90. The predicted molar refractivity (Wildman–Crippen MR) is 310 cm³/mol. The third-order valence-electron chi connectivity index (χ3n) is 14.9. The number of nitrogens with zero attached hydrogens (tertiary/aromatic N) is 1. The molecule has 0 aliphatic rings. The number of likely N-dealkylation sites (N-methyl/N-ethyl adjacent to an activating group) is 1. The molecular weight excluding hydrogens is 930 g/mol. The molecule has 9 nitrogen and oxygen atoms in total. The first kappa shape index (κ1) is 72.0. The van der Waals surface area contributed by atoms with Crippen molar-refractivity contribution >= 4 is 19.8 Å².